The van der Waals surface area contributed by atoms with Gasteiger partial charge in [0.25, 0.3) is 5.91 Å². The lowest BCUT2D eigenvalue weighted by atomic mass is 10.1. The number of halogens is 1. The molecule has 1 heterocycles. The third-order valence-corrected chi connectivity index (χ3v) is 3.92. The lowest BCUT2D eigenvalue weighted by Gasteiger charge is -2.23. The van der Waals surface area contributed by atoms with Gasteiger partial charge in [-0.1, -0.05) is 0 Å². The Hall–Kier alpha value is -1.31. The van der Waals surface area contributed by atoms with Crippen LogP contribution in [-0.2, 0) is 4.79 Å². The van der Waals surface area contributed by atoms with Crippen LogP contribution in [0.15, 0.2) is 18.2 Å². The van der Waals surface area contributed by atoms with Crippen LogP contribution in [0.1, 0.15) is 23.2 Å². The van der Waals surface area contributed by atoms with Gasteiger partial charge in [-0.2, -0.15) is 0 Å². The number of nitrogens with zero attached hydrogens (tertiary/aromatic N) is 1. The van der Waals surface area contributed by atoms with Crippen molar-refractivity contribution in [2.75, 3.05) is 13.6 Å². The van der Waals surface area contributed by atoms with Crippen LogP contribution in [0.2, 0.25) is 0 Å². The first kappa shape index (κ1) is 14.1. The first-order chi connectivity index (χ1) is 9.04. The molecule has 1 aliphatic rings. The van der Waals surface area contributed by atoms with Gasteiger partial charge in [-0.05, 0) is 53.6 Å². The maximum absolute atomic E-state index is 12.4. The molecule has 1 saturated heterocycles. The molecule has 19 heavy (non-hydrogen) atoms. The smallest absolute Gasteiger partial charge is 0.258 e. The summed E-state index contributed by atoms with van der Waals surface area (Å²) in [6.45, 7) is 0.543. The van der Waals surface area contributed by atoms with Crippen LogP contribution in [0.25, 0.3) is 0 Å². The highest BCUT2D eigenvalue weighted by molar-refractivity contribution is 14.1. The highest BCUT2D eigenvalue weighted by Crippen LogP contribution is 2.26. The molecule has 0 radical (unpaired) electrons. The molecule has 2 N–H and O–H groups in total. The molecule has 2 rings (SSSR count). The molecule has 0 saturated carbocycles. The summed E-state index contributed by atoms with van der Waals surface area (Å²) in [5, 5.41) is 12.4. The number of phenolic OH excluding ortho intramolecular Hbond substituents is 1. The van der Waals surface area contributed by atoms with Crippen LogP contribution < -0.4 is 5.32 Å². The van der Waals surface area contributed by atoms with E-state index in [9.17, 15) is 14.7 Å². The zero-order valence-corrected chi connectivity index (χ0v) is 12.7. The fourth-order valence-corrected chi connectivity index (χ4v) is 2.77. The molecule has 0 aromatic heterocycles. The van der Waals surface area contributed by atoms with Crippen molar-refractivity contribution < 1.29 is 14.7 Å². The molecule has 5 nitrogen and oxygen atoms in total. The van der Waals surface area contributed by atoms with Crippen molar-refractivity contribution in [1.82, 2.24) is 10.2 Å². The number of aromatic hydroxyl groups is 1. The minimum atomic E-state index is -0.435. The topological polar surface area (TPSA) is 69.6 Å². The molecular formula is C13H15IN2O3. The molecule has 1 aromatic carbocycles. The van der Waals surface area contributed by atoms with E-state index in [4.69, 9.17) is 0 Å². The lowest BCUT2D eigenvalue weighted by molar-refractivity contribution is -0.124. The fraction of sp³-hybridized carbons (Fsp3) is 0.385. The Labute approximate surface area is 125 Å². The number of nitrogens with one attached hydrogen (secondary N) is 1. The molecule has 0 spiro atoms. The number of phenols is 1. The SMILES string of the molecule is CNC(=O)C1CCCN1C(=O)c1cc(I)ccc1O. The van der Waals surface area contributed by atoms with E-state index in [0.29, 0.717) is 13.0 Å². The molecular weight excluding hydrogens is 359 g/mol. The van der Waals surface area contributed by atoms with Gasteiger partial charge < -0.3 is 15.3 Å². The predicted octanol–water partition coefficient (Wildman–Crippen LogP) is 1.35. The largest absolute Gasteiger partial charge is 0.507 e. The summed E-state index contributed by atoms with van der Waals surface area (Å²) in [5.74, 6) is -0.494. The van der Waals surface area contributed by atoms with Crippen molar-refractivity contribution in [3.05, 3.63) is 27.3 Å². The van der Waals surface area contributed by atoms with Gasteiger partial charge in [0.1, 0.15) is 11.8 Å². The van der Waals surface area contributed by atoms with Crippen LogP contribution >= 0.6 is 22.6 Å². The summed E-state index contributed by atoms with van der Waals surface area (Å²) >= 11 is 2.08. The second kappa shape index (κ2) is 5.77. The summed E-state index contributed by atoms with van der Waals surface area (Å²) in [5.41, 5.74) is 0.253. The standard InChI is InChI=1S/C13H15IN2O3/c1-15-12(18)10-3-2-6-16(10)13(19)9-7-8(14)4-5-11(9)17/h4-5,7,10,17H,2-3,6H2,1H3,(H,15,18). The van der Waals surface area contributed by atoms with Crippen molar-refractivity contribution in [2.24, 2.45) is 0 Å². The highest BCUT2D eigenvalue weighted by atomic mass is 127. The van der Waals surface area contributed by atoms with E-state index < -0.39 is 6.04 Å². The number of likely N-dealkylation sites (N-methyl/N-ethyl adjacent to an activating group) is 1. The Bertz CT molecular complexity index is 519. The minimum Gasteiger partial charge on any atom is -0.507 e. The van der Waals surface area contributed by atoms with Gasteiger partial charge in [0, 0.05) is 17.2 Å². The van der Waals surface area contributed by atoms with Crippen molar-refractivity contribution in [3.8, 4) is 5.75 Å². The molecule has 2 amide bonds. The number of rotatable bonds is 2. The second-order valence-electron chi connectivity index (χ2n) is 4.43. The Morgan fingerprint density at radius 1 is 1.47 bits per heavy atom. The Morgan fingerprint density at radius 2 is 2.21 bits per heavy atom. The van der Waals surface area contributed by atoms with Crippen LogP contribution in [-0.4, -0.2) is 41.5 Å². The van der Waals surface area contributed by atoms with Crippen LogP contribution in [0.4, 0.5) is 0 Å². The van der Waals surface area contributed by atoms with Gasteiger partial charge in [0.05, 0.1) is 5.56 Å². The zero-order valence-electron chi connectivity index (χ0n) is 10.5. The van der Waals surface area contributed by atoms with Crippen molar-refractivity contribution in [3.63, 3.8) is 0 Å². The molecule has 0 aliphatic carbocycles. The van der Waals surface area contributed by atoms with Gasteiger partial charge in [-0.3, -0.25) is 9.59 Å². The first-order valence-electron chi connectivity index (χ1n) is 6.05. The molecule has 1 aromatic rings. The van der Waals surface area contributed by atoms with E-state index in [-0.39, 0.29) is 23.1 Å². The quantitative estimate of drug-likeness (QED) is 0.768. The monoisotopic (exact) mass is 374 g/mol. The van der Waals surface area contributed by atoms with Gasteiger partial charge in [0.2, 0.25) is 5.91 Å². The predicted molar refractivity (Wildman–Crippen MR) is 78.9 cm³/mol. The van der Waals surface area contributed by atoms with E-state index in [1.54, 1.807) is 19.2 Å². The first-order valence-corrected chi connectivity index (χ1v) is 7.13. The van der Waals surface area contributed by atoms with Gasteiger partial charge >= 0.3 is 0 Å². The summed E-state index contributed by atoms with van der Waals surface area (Å²) in [6, 6.07) is 4.43. The Kier molecular flexibility index (Phi) is 4.28. The Morgan fingerprint density at radius 3 is 2.89 bits per heavy atom. The highest BCUT2D eigenvalue weighted by Gasteiger charge is 2.34. The summed E-state index contributed by atoms with van der Waals surface area (Å²) < 4.78 is 0.870. The van der Waals surface area contributed by atoms with Gasteiger partial charge in [-0.15, -0.1) is 0 Å². The van der Waals surface area contributed by atoms with Gasteiger partial charge in [0.15, 0.2) is 0 Å². The van der Waals surface area contributed by atoms with Crippen molar-refractivity contribution in [2.45, 2.75) is 18.9 Å². The van der Waals surface area contributed by atoms with Crippen LogP contribution in [0, 0.1) is 3.57 Å². The number of hydrogen-bond donors (Lipinski definition) is 2. The third kappa shape index (κ3) is 2.83. The average molecular weight is 374 g/mol. The molecule has 6 heteroatoms. The van der Waals surface area contributed by atoms with E-state index >= 15 is 0 Å². The molecule has 1 aliphatic heterocycles. The average Bonchev–Trinajstić information content (AvgIpc) is 2.89. The zero-order chi connectivity index (χ0) is 14.0. The number of carbonyl (C=O) groups excluding carboxylic acids is 2. The maximum atomic E-state index is 12.4. The molecule has 1 atom stereocenters. The fourth-order valence-electron chi connectivity index (χ4n) is 2.28. The van der Waals surface area contributed by atoms with Crippen molar-refractivity contribution in [1.29, 1.82) is 0 Å². The second-order valence-corrected chi connectivity index (χ2v) is 5.68. The normalized spacial score (nSPS) is 18.4. The summed E-state index contributed by atoms with van der Waals surface area (Å²) in [6.07, 6.45) is 1.46. The maximum Gasteiger partial charge on any atom is 0.258 e. The number of carbonyl (C=O) groups is 2. The van der Waals surface area contributed by atoms with Crippen molar-refractivity contribution >= 4 is 34.4 Å². The molecule has 1 fully saturated rings. The van der Waals surface area contributed by atoms with Gasteiger partial charge in [-0.25, -0.2) is 0 Å². The van der Waals surface area contributed by atoms with E-state index in [1.165, 1.54) is 11.0 Å². The third-order valence-electron chi connectivity index (χ3n) is 3.25. The van der Waals surface area contributed by atoms with E-state index in [1.807, 2.05) is 0 Å². The van der Waals surface area contributed by atoms with Crippen LogP contribution in [0.5, 0.6) is 5.75 Å². The molecule has 1 unspecified atom stereocenters. The summed E-state index contributed by atoms with van der Waals surface area (Å²) in [7, 11) is 1.56. The lowest BCUT2D eigenvalue weighted by Crippen LogP contribution is -2.44. The Balaban J connectivity index is 2.28. The number of amides is 2. The van der Waals surface area contributed by atoms with Crippen LogP contribution in [0.3, 0.4) is 0 Å². The molecule has 0 bridgehead atoms. The number of likely N-dealkylation sites (tertiary alicyclic amines) is 1. The minimum absolute atomic E-state index is 0.0482. The molecule has 102 valence electrons. The summed E-state index contributed by atoms with van der Waals surface area (Å²) in [4.78, 5) is 25.7. The number of hydrogen-bond acceptors (Lipinski definition) is 3. The van der Waals surface area contributed by atoms with E-state index in [2.05, 4.69) is 27.9 Å². The number of benzene rings is 1. The van der Waals surface area contributed by atoms with E-state index in [0.717, 1.165) is 9.99 Å².